The Bertz CT molecular complexity index is 449. The van der Waals surface area contributed by atoms with Crippen LogP contribution in [0.2, 0.25) is 0 Å². The molecule has 1 unspecified atom stereocenters. The maximum atomic E-state index is 12.0. The summed E-state index contributed by atoms with van der Waals surface area (Å²) in [4.78, 5) is 12.0. The molecule has 0 aromatic heterocycles. The molecule has 0 aliphatic carbocycles. The summed E-state index contributed by atoms with van der Waals surface area (Å²) < 4.78 is 10.4. The molecular formula is C15H22ClNO3. The lowest BCUT2D eigenvalue weighted by Crippen LogP contribution is -2.40. The van der Waals surface area contributed by atoms with Crippen LogP contribution in [0.25, 0.3) is 0 Å². The van der Waals surface area contributed by atoms with E-state index in [2.05, 4.69) is 5.32 Å². The summed E-state index contributed by atoms with van der Waals surface area (Å²) in [5.41, 5.74) is 0.872. The molecular weight excluding hydrogens is 278 g/mol. The maximum Gasteiger partial charge on any atom is 0.224 e. The van der Waals surface area contributed by atoms with Gasteiger partial charge in [-0.15, -0.1) is 11.6 Å². The molecule has 0 bridgehead atoms. The molecule has 1 aromatic carbocycles. The van der Waals surface area contributed by atoms with Gasteiger partial charge in [0.05, 0.1) is 20.6 Å². The van der Waals surface area contributed by atoms with Crippen LogP contribution in [0.4, 0.5) is 0 Å². The van der Waals surface area contributed by atoms with Gasteiger partial charge < -0.3 is 14.8 Å². The van der Waals surface area contributed by atoms with E-state index in [1.165, 1.54) is 0 Å². The first-order valence-corrected chi connectivity index (χ1v) is 7.11. The van der Waals surface area contributed by atoms with Crippen LogP contribution in [-0.2, 0) is 11.2 Å². The lowest BCUT2D eigenvalue weighted by molar-refractivity contribution is -0.121. The zero-order valence-corrected chi connectivity index (χ0v) is 13.2. The highest BCUT2D eigenvalue weighted by molar-refractivity contribution is 6.18. The molecule has 5 heteroatoms. The number of rotatable bonds is 7. The monoisotopic (exact) mass is 299 g/mol. The molecule has 112 valence electrons. The molecule has 1 rings (SSSR count). The molecule has 20 heavy (non-hydrogen) atoms. The van der Waals surface area contributed by atoms with Crippen molar-refractivity contribution in [1.29, 1.82) is 0 Å². The number of hydrogen-bond donors (Lipinski definition) is 1. The van der Waals surface area contributed by atoms with Crippen LogP contribution < -0.4 is 14.8 Å². The van der Waals surface area contributed by atoms with E-state index >= 15 is 0 Å². The van der Waals surface area contributed by atoms with Gasteiger partial charge in [-0.1, -0.05) is 19.9 Å². The van der Waals surface area contributed by atoms with Gasteiger partial charge in [-0.2, -0.15) is 0 Å². The van der Waals surface area contributed by atoms with Crippen LogP contribution in [0.5, 0.6) is 11.5 Å². The zero-order valence-electron chi connectivity index (χ0n) is 12.4. The predicted molar refractivity (Wildman–Crippen MR) is 80.7 cm³/mol. The Labute approximate surface area is 125 Å². The number of hydrogen-bond acceptors (Lipinski definition) is 3. The fourth-order valence-electron chi connectivity index (χ4n) is 1.82. The first-order chi connectivity index (χ1) is 9.51. The van der Waals surface area contributed by atoms with Crippen LogP contribution >= 0.6 is 11.6 Å². The maximum absolute atomic E-state index is 12.0. The third-order valence-electron chi connectivity index (χ3n) is 3.13. The smallest absolute Gasteiger partial charge is 0.224 e. The number of carbonyl (C=O) groups excluding carboxylic acids is 1. The average Bonchev–Trinajstić information content (AvgIpc) is 2.44. The van der Waals surface area contributed by atoms with Crippen LogP contribution in [0.1, 0.15) is 19.4 Å². The Hall–Kier alpha value is -1.42. The van der Waals surface area contributed by atoms with Crippen molar-refractivity contribution in [2.24, 2.45) is 5.92 Å². The van der Waals surface area contributed by atoms with Crippen LogP contribution in [0.3, 0.4) is 0 Å². The Morgan fingerprint density at radius 3 is 2.40 bits per heavy atom. The van der Waals surface area contributed by atoms with Gasteiger partial charge in [0.2, 0.25) is 5.91 Å². The molecule has 0 saturated heterocycles. The molecule has 0 radical (unpaired) electrons. The van der Waals surface area contributed by atoms with E-state index < -0.39 is 0 Å². The summed E-state index contributed by atoms with van der Waals surface area (Å²) >= 11 is 5.85. The van der Waals surface area contributed by atoms with Crippen molar-refractivity contribution >= 4 is 17.5 Å². The SMILES string of the molecule is COc1ccc(CC(=O)NC(CCl)C(C)C)cc1OC. The van der Waals surface area contributed by atoms with Crippen molar-refractivity contribution in [2.45, 2.75) is 26.3 Å². The summed E-state index contributed by atoms with van der Waals surface area (Å²) in [7, 11) is 3.15. The van der Waals surface area contributed by atoms with Gasteiger partial charge in [-0.05, 0) is 23.6 Å². The number of nitrogens with one attached hydrogen (secondary N) is 1. The number of amides is 1. The van der Waals surface area contributed by atoms with Gasteiger partial charge in [0.1, 0.15) is 0 Å². The Balaban J connectivity index is 2.71. The number of carbonyl (C=O) groups is 1. The predicted octanol–water partition coefficient (Wildman–Crippen LogP) is 2.63. The molecule has 0 saturated carbocycles. The minimum absolute atomic E-state index is 0.00990. The second-order valence-electron chi connectivity index (χ2n) is 4.94. The van der Waals surface area contributed by atoms with Gasteiger partial charge >= 0.3 is 0 Å². The average molecular weight is 300 g/mol. The van der Waals surface area contributed by atoms with E-state index in [0.717, 1.165) is 5.56 Å². The van der Waals surface area contributed by atoms with Gasteiger partial charge in [0, 0.05) is 11.9 Å². The minimum atomic E-state index is -0.0448. The molecule has 1 N–H and O–H groups in total. The lowest BCUT2D eigenvalue weighted by Gasteiger charge is -2.19. The van der Waals surface area contributed by atoms with Gasteiger partial charge in [0.25, 0.3) is 0 Å². The summed E-state index contributed by atoms with van der Waals surface area (Å²) in [5, 5.41) is 2.94. The van der Waals surface area contributed by atoms with E-state index in [4.69, 9.17) is 21.1 Å². The highest BCUT2D eigenvalue weighted by atomic mass is 35.5. The van der Waals surface area contributed by atoms with Gasteiger partial charge in [0.15, 0.2) is 11.5 Å². The lowest BCUT2D eigenvalue weighted by atomic mass is 10.1. The van der Waals surface area contributed by atoms with Crippen LogP contribution in [0.15, 0.2) is 18.2 Å². The number of alkyl halides is 1. The Kier molecular flexibility index (Phi) is 6.65. The fourth-order valence-corrected chi connectivity index (χ4v) is 2.25. The molecule has 0 aliphatic rings. The molecule has 1 amide bonds. The Morgan fingerprint density at radius 1 is 1.25 bits per heavy atom. The van der Waals surface area contributed by atoms with E-state index in [-0.39, 0.29) is 11.9 Å². The third kappa shape index (κ3) is 4.60. The second kappa shape index (κ2) is 8.00. The van der Waals surface area contributed by atoms with E-state index in [0.29, 0.717) is 29.7 Å². The number of halogens is 1. The zero-order chi connectivity index (χ0) is 15.1. The van der Waals surface area contributed by atoms with Crippen molar-refractivity contribution in [3.05, 3.63) is 23.8 Å². The molecule has 4 nitrogen and oxygen atoms in total. The van der Waals surface area contributed by atoms with E-state index in [1.54, 1.807) is 20.3 Å². The van der Waals surface area contributed by atoms with Crippen molar-refractivity contribution in [1.82, 2.24) is 5.32 Å². The van der Waals surface area contributed by atoms with E-state index in [1.807, 2.05) is 26.0 Å². The molecule has 0 spiro atoms. The van der Waals surface area contributed by atoms with Crippen molar-refractivity contribution in [3.63, 3.8) is 0 Å². The highest BCUT2D eigenvalue weighted by Crippen LogP contribution is 2.27. The summed E-state index contributed by atoms with van der Waals surface area (Å²) in [6.45, 7) is 4.06. The molecule has 0 fully saturated rings. The van der Waals surface area contributed by atoms with Crippen LogP contribution in [0, 0.1) is 5.92 Å². The molecule has 1 aromatic rings. The third-order valence-corrected chi connectivity index (χ3v) is 3.46. The molecule has 0 aliphatic heterocycles. The standard InChI is InChI=1S/C15H22ClNO3/c1-10(2)12(9-16)17-15(18)8-11-5-6-13(19-3)14(7-11)20-4/h5-7,10,12H,8-9H2,1-4H3,(H,17,18). The molecule has 1 atom stereocenters. The highest BCUT2D eigenvalue weighted by Gasteiger charge is 2.15. The van der Waals surface area contributed by atoms with E-state index in [9.17, 15) is 4.79 Å². The summed E-state index contributed by atoms with van der Waals surface area (Å²) in [6.07, 6.45) is 0.292. The summed E-state index contributed by atoms with van der Waals surface area (Å²) in [6, 6.07) is 5.45. The summed E-state index contributed by atoms with van der Waals surface area (Å²) in [5.74, 6) is 1.95. The number of ether oxygens (including phenoxy) is 2. The van der Waals surface area contributed by atoms with Crippen molar-refractivity contribution in [2.75, 3.05) is 20.1 Å². The largest absolute Gasteiger partial charge is 0.493 e. The fraction of sp³-hybridized carbons (Fsp3) is 0.533. The normalized spacial score (nSPS) is 12.1. The van der Waals surface area contributed by atoms with Crippen LogP contribution in [-0.4, -0.2) is 32.0 Å². The topological polar surface area (TPSA) is 47.6 Å². The van der Waals surface area contributed by atoms with Gasteiger partial charge in [-0.3, -0.25) is 4.79 Å². The first-order valence-electron chi connectivity index (χ1n) is 6.58. The van der Waals surface area contributed by atoms with Gasteiger partial charge in [-0.25, -0.2) is 0 Å². The number of methoxy groups -OCH3 is 2. The first kappa shape index (κ1) is 16.6. The second-order valence-corrected chi connectivity index (χ2v) is 5.25. The molecule has 0 heterocycles. The van der Waals surface area contributed by atoms with Crippen molar-refractivity contribution in [3.8, 4) is 11.5 Å². The minimum Gasteiger partial charge on any atom is -0.493 e. The Morgan fingerprint density at radius 2 is 1.90 bits per heavy atom. The quantitative estimate of drug-likeness (QED) is 0.787. The number of benzene rings is 1. The van der Waals surface area contributed by atoms with Crippen molar-refractivity contribution < 1.29 is 14.3 Å².